The number of ether oxygens (including phenoxy) is 1. The minimum Gasteiger partial charge on any atom is -0.482 e. The first-order valence-corrected chi connectivity index (χ1v) is 8.72. The van der Waals surface area contributed by atoms with Gasteiger partial charge in [0.2, 0.25) is 5.82 Å². The van der Waals surface area contributed by atoms with E-state index in [2.05, 4.69) is 15.1 Å². The van der Waals surface area contributed by atoms with Crippen LogP contribution in [-0.4, -0.2) is 34.2 Å². The van der Waals surface area contributed by atoms with Crippen molar-refractivity contribution in [2.45, 2.75) is 6.92 Å². The molecule has 0 fully saturated rings. The van der Waals surface area contributed by atoms with E-state index in [1.807, 2.05) is 55.6 Å². The number of carbonyl (C=O) groups is 1. The van der Waals surface area contributed by atoms with E-state index < -0.39 is 0 Å². The van der Waals surface area contributed by atoms with Gasteiger partial charge in [0.15, 0.2) is 6.61 Å². The molecule has 3 heterocycles. The number of fused-ring (bicyclic) bond motifs is 2. The Hall–Kier alpha value is -3.61. The molecule has 0 atom stereocenters. The van der Waals surface area contributed by atoms with Crippen molar-refractivity contribution in [1.82, 2.24) is 15.1 Å². The molecule has 0 unspecified atom stereocenters. The number of hydrogen-bond donors (Lipinski definition) is 1. The lowest BCUT2D eigenvalue weighted by Crippen LogP contribution is -2.38. The zero-order valence-corrected chi connectivity index (χ0v) is 14.6. The number of amides is 1. The Morgan fingerprint density at radius 2 is 2.04 bits per heavy atom. The van der Waals surface area contributed by atoms with Gasteiger partial charge < -0.3 is 19.1 Å². The fraction of sp³-hybridized carbons (Fsp3) is 0.150. The Kier molecular flexibility index (Phi) is 3.46. The van der Waals surface area contributed by atoms with E-state index in [9.17, 15) is 4.79 Å². The molecule has 2 aromatic heterocycles. The third-order valence-electron chi connectivity index (χ3n) is 4.70. The van der Waals surface area contributed by atoms with Gasteiger partial charge in [-0.1, -0.05) is 11.2 Å². The number of likely N-dealkylation sites (N-methyl/N-ethyl adjacent to an activating group) is 1. The molecule has 4 aromatic rings. The Balaban J connectivity index is 1.53. The van der Waals surface area contributed by atoms with Crippen molar-refractivity contribution in [1.29, 1.82) is 0 Å². The SMILES string of the molecule is CCN1C(=O)COc2ccc(-c3noc(-c4ccc5cc[nH]c5c4)n3)cc21. The zero-order valence-electron chi connectivity index (χ0n) is 14.6. The molecule has 0 aliphatic carbocycles. The normalized spacial score (nSPS) is 13.7. The second kappa shape index (κ2) is 5.98. The van der Waals surface area contributed by atoms with Gasteiger partial charge in [0.1, 0.15) is 5.75 Å². The third kappa shape index (κ3) is 2.55. The second-order valence-corrected chi connectivity index (χ2v) is 6.31. The molecule has 27 heavy (non-hydrogen) atoms. The average Bonchev–Trinajstić information content (AvgIpc) is 3.36. The summed E-state index contributed by atoms with van der Waals surface area (Å²) in [7, 11) is 0. The zero-order chi connectivity index (χ0) is 18.4. The minimum absolute atomic E-state index is 0.0600. The summed E-state index contributed by atoms with van der Waals surface area (Å²) >= 11 is 0. The van der Waals surface area contributed by atoms with Gasteiger partial charge in [-0.15, -0.1) is 0 Å². The summed E-state index contributed by atoms with van der Waals surface area (Å²) in [6.45, 7) is 2.57. The third-order valence-corrected chi connectivity index (χ3v) is 4.70. The maximum Gasteiger partial charge on any atom is 0.265 e. The molecular formula is C20H16N4O3. The summed E-state index contributed by atoms with van der Waals surface area (Å²) in [5.74, 6) is 1.53. The van der Waals surface area contributed by atoms with Crippen molar-refractivity contribution in [2.24, 2.45) is 0 Å². The van der Waals surface area contributed by atoms with Crippen molar-refractivity contribution in [3.63, 3.8) is 0 Å². The number of anilines is 1. The van der Waals surface area contributed by atoms with Crippen molar-refractivity contribution in [2.75, 3.05) is 18.1 Å². The van der Waals surface area contributed by atoms with Crippen LogP contribution in [0.2, 0.25) is 0 Å². The van der Waals surface area contributed by atoms with E-state index in [4.69, 9.17) is 9.26 Å². The number of aromatic nitrogens is 3. The van der Waals surface area contributed by atoms with E-state index in [-0.39, 0.29) is 12.5 Å². The van der Waals surface area contributed by atoms with Crippen LogP contribution in [0.15, 0.2) is 53.2 Å². The van der Waals surface area contributed by atoms with Crippen LogP contribution in [0.3, 0.4) is 0 Å². The number of nitrogens with zero attached hydrogens (tertiary/aromatic N) is 3. The standard InChI is InChI=1S/C20H16N4O3/c1-2-24-16-10-13(5-6-17(16)26-11-18(24)25)19-22-20(27-23-19)14-4-3-12-7-8-21-15(12)9-14/h3-10,21H,2,11H2,1H3. The number of benzene rings is 2. The Morgan fingerprint density at radius 3 is 2.93 bits per heavy atom. The maximum absolute atomic E-state index is 12.1. The lowest BCUT2D eigenvalue weighted by molar-refractivity contribution is -0.121. The maximum atomic E-state index is 12.1. The van der Waals surface area contributed by atoms with Crippen LogP contribution >= 0.6 is 0 Å². The van der Waals surface area contributed by atoms with Crippen LogP contribution in [0.25, 0.3) is 33.7 Å². The van der Waals surface area contributed by atoms with E-state index in [1.54, 1.807) is 4.90 Å². The quantitative estimate of drug-likeness (QED) is 0.603. The van der Waals surface area contributed by atoms with Crippen LogP contribution in [-0.2, 0) is 4.79 Å². The van der Waals surface area contributed by atoms with Crippen molar-refractivity contribution in [3.05, 3.63) is 48.7 Å². The van der Waals surface area contributed by atoms with Gasteiger partial charge in [-0.05, 0) is 48.7 Å². The van der Waals surface area contributed by atoms with Crippen LogP contribution in [0.1, 0.15) is 6.92 Å². The summed E-state index contributed by atoms with van der Waals surface area (Å²) in [5, 5.41) is 5.23. The van der Waals surface area contributed by atoms with Gasteiger partial charge in [0.25, 0.3) is 11.8 Å². The largest absolute Gasteiger partial charge is 0.482 e. The first kappa shape index (κ1) is 15.6. The Bertz CT molecular complexity index is 1160. The predicted octanol–water partition coefficient (Wildman–Crippen LogP) is 3.63. The molecule has 1 N–H and O–H groups in total. The highest BCUT2D eigenvalue weighted by atomic mass is 16.5. The van der Waals surface area contributed by atoms with E-state index in [0.29, 0.717) is 24.0 Å². The van der Waals surface area contributed by atoms with Crippen LogP contribution in [0.5, 0.6) is 5.75 Å². The first-order valence-electron chi connectivity index (χ1n) is 8.72. The lowest BCUT2D eigenvalue weighted by Gasteiger charge is -2.28. The fourth-order valence-electron chi connectivity index (χ4n) is 3.33. The molecule has 5 rings (SSSR count). The van der Waals surface area contributed by atoms with Gasteiger partial charge in [-0.25, -0.2) is 0 Å². The number of carbonyl (C=O) groups excluding carboxylic acids is 1. The predicted molar refractivity (Wildman–Crippen MR) is 101 cm³/mol. The summed E-state index contributed by atoms with van der Waals surface area (Å²) in [6.07, 6.45) is 1.89. The number of nitrogens with one attached hydrogen (secondary N) is 1. The minimum atomic E-state index is -0.0600. The van der Waals surface area contributed by atoms with Crippen molar-refractivity contribution >= 4 is 22.5 Å². The lowest BCUT2D eigenvalue weighted by atomic mass is 10.1. The van der Waals surface area contributed by atoms with E-state index in [0.717, 1.165) is 27.7 Å². The highest BCUT2D eigenvalue weighted by Crippen LogP contribution is 2.35. The molecule has 0 bridgehead atoms. The first-order chi connectivity index (χ1) is 13.2. The van der Waals surface area contributed by atoms with E-state index in [1.165, 1.54) is 0 Å². The number of hydrogen-bond acceptors (Lipinski definition) is 5. The molecule has 0 saturated carbocycles. The van der Waals surface area contributed by atoms with Crippen LogP contribution in [0.4, 0.5) is 5.69 Å². The van der Waals surface area contributed by atoms with Gasteiger partial charge in [-0.2, -0.15) is 4.98 Å². The molecule has 134 valence electrons. The number of aromatic amines is 1. The average molecular weight is 360 g/mol. The summed E-state index contributed by atoms with van der Waals surface area (Å²) < 4.78 is 11.0. The summed E-state index contributed by atoms with van der Waals surface area (Å²) in [4.78, 5) is 21.5. The molecule has 7 heteroatoms. The summed E-state index contributed by atoms with van der Waals surface area (Å²) in [6, 6.07) is 13.5. The number of H-pyrrole nitrogens is 1. The topological polar surface area (TPSA) is 84.3 Å². The fourth-order valence-corrected chi connectivity index (χ4v) is 3.33. The van der Waals surface area contributed by atoms with Crippen LogP contribution in [0, 0.1) is 0 Å². The van der Waals surface area contributed by atoms with E-state index >= 15 is 0 Å². The second-order valence-electron chi connectivity index (χ2n) is 6.31. The molecule has 1 aliphatic heterocycles. The molecule has 0 radical (unpaired) electrons. The molecular weight excluding hydrogens is 344 g/mol. The van der Waals surface area contributed by atoms with Gasteiger partial charge >= 0.3 is 0 Å². The van der Waals surface area contributed by atoms with Crippen molar-refractivity contribution < 1.29 is 14.1 Å². The molecule has 0 spiro atoms. The van der Waals surface area contributed by atoms with Gasteiger partial charge in [0.05, 0.1) is 5.69 Å². The Morgan fingerprint density at radius 1 is 1.15 bits per heavy atom. The molecule has 0 saturated heterocycles. The highest BCUT2D eigenvalue weighted by molar-refractivity contribution is 5.98. The van der Waals surface area contributed by atoms with Gasteiger partial charge in [0, 0.05) is 29.4 Å². The Labute approximate surface area is 154 Å². The molecule has 7 nitrogen and oxygen atoms in total. The molecule has 1 aliphatic rings. The molecule has 1 amide bonds. The summed E-state index contributed by atoms with van der Waals surface area (Å²) in [5.41, 5.74) is 3.34. The molecule has 2 aromatic carbocycles. The van der Waals surface area contributed by atoms with Crippen LogP contribution < -0.4 is 9.64 Å². The van der Waals surface area contributed by atoms with Crippen molar-refractivity contribution in [3.8, 4) is 28.6 Å². The van der Waals surface area contributed by atoms with Gasteiger partial charge in [-0.3, -0.25) is 4.79 Å². The smallest absolute Gasteiger partial charge is 0.265 e. The monoisotopic (exact) mass is 360 g/mol. The number of rotatable bonds is 3. The highest BCUT2D eigenvalue weighted by Gasteiger charge is 2.25.